The van der Waals surface area contributed by atoms with Crippen LogP contribution in [-0.4, -0.2) is 87.1 Å². The Bertz CT molecular complexity index is 399. The molecule has 5 nitrogen and oxygen atoms in total. The highest BCUT2D eigenvalue weighted by Gasteiger charge is 2.31. The van der Waals surface area contributed by atoms with Crippen LogP contribution in [-0.2, 0) is 0 Å². The number of nitrogens with one attached hydrogen (secondary N) is 1. The number of rotatable bonds is 5. The van der Waals surface area contributed by atoms with Gasteiger partial charge in [0.2, 0.25) is 0 Å². The van der Waals surface area contributed by atoms with Crippen LogP contribution in [0.1, 0.15) is 46.0 Å². The monoisotopic (exact) mass is 465 g/mol. The minimum atomic E-state index is 0. The van der Waals surface area contributed by atoms with Gasteiger partial charge >= 0.3 is 0 Å². The molecule has 0 amide bonds. The van der Waals surface area contributed by atoms with Gasteiger partial charge in [-0.3, -0.25) is 4.99 Å². The molecule has 0 radical (unpaired) electrons. The Morgan fingerprint density at radius 2 is 1.92 bits per heavy atom. The molecule has 1 unspecified atom stereocenters. The summed E-state index contributed by atoms with van der Waals surface area (Å²) in [6, 6.07) is 0. The zero-order chi connectivity index (χ0) is 17.4. The van der Waals surface area contributed by atoms with Crippen molar-refractivity contribution < 1.29 is 0 Å². The summed E-state index contributed by atoms with van der Waals surface area (Å²) in [5.41, 5.74) is 0.458. The minimum Gasteiger partial charge on any atom is -0.355 e. The van der Waals surface area contributed by atoms with Crippen LogP contribution in [0.3, 0.4) is 0 Å². The summed E-state index contributed by atoms with van der Waals surface area (Å²) in [7, 11) is 4.16. The van der Waals surface area contributed by atoms with E-state index in [0.29, 0.717) is 5.41 Å². The minimum absolute atomic E-state index is 0. The summed E-state index contributed by atoms with van der Waals surface area (Å²) in [6.07, 6.45) is 6.53. The number of hydrogen-bond donors (Lipinski definition) is 1. The third-order valence-corrected chi connectivity index (χ3v) is 5.67. The van der Waals surface area contributed by atoms with E-state index in [-0.39, 0.29) is 24.0 Å². The number of likely N-dealkylation sites (tertiary alicyclic amines) is 1. The van der Waals surface area contributed by atoms with Crippen LogP contribution in [0.25, 0.3) is 0 Å². The van der Waals surface area contributed by atoms with Gasteiger partial charge in [0, 0.05) is 46.3 Å². The number of guanidine groups is 1. The highest BCUT2D eigenvalue weighted by Crippen LogP contribution is 2.33. The predicted octanol–water partition coefficient (Wildman–Crippen LogP) is 2.72. The molecule has 0 aromatic rings. The van der Waals surface area contributed by atoms with Gasteiger partial charge in [-0.15, -0.1) is 24.0 Å². The van der Waals surface area contributed by atoms with E-state index in [4.69, 9.17) is 0 Å². The van der Waals surface area contributed by atoms with Crippen LogP contribution in [0.4, 0.5) is 0 Å². The van der Waals surface area contributed by atoms with Gasteiger partial charge in [0.25, 0.3) is 0 Å². The molecule has 2 fully saturated rings. The first-order valence-electron chi connectivity index (χ1n) is 9.93. The summed E-state index contributed by atoms with van der Waals surface area (Å²) in [5.74, 6) is 1.10. The molecule has 148 valence electrons. The maximum absolute atomic E-state index is 4.56. The average molecular weight is 465 g/mol. The maximum atomic E-state index is 4.56. The third-order valence-electron chi connectivity index (χ3n) is 5.67. The first-order valence-corrected chi connectivity index (χ1v) is 9.93. The van der Waals surface area contributed by atoms with Crippen LogP contribution < -0.4 is 5.32 Å². The number of likely N-dealkylation sites (N-methyl/N-ethyl adjacent to an activating group) is 1. The maximum Gasteiger partial charge on any atom is 0.193 e. The second-order valence-corrected chi connectivity index (χ2v) is 8.06. The molecule has 1 atom stereocenters. The van der Waals surface area contributed by atoms with Crippen molar-refractivity contribution >= 4 is 29.9 Å². The summed E-state index contributed by atoms with van der Waals surface area (Å²) >= 11 is 0. The highest BCUT2D eigenvalue weighted by atomic mass is 127. The Hall–Kier alpha value is -0.0800. The summed E-state index contributed by atoms with van der Waals surface area (Å²) in [6.45, 7) is 14.0. The molecule has 2 heterocycles. The fourth-order valence-corrected chi connectivity index (χ4v) is 4.29. The normalized spacial score (nSPS) is 26.9. The quantitative estimate of drug-likeness (QED) is 0.385. The van der Waals surface area contributed by atoms with E-state index in [1.807, 2.05) is 7.05 Å². The van der Waals surface area contributed by atoms with E-state index < -0.39 is 0 Å². The summed E-state index contributed by atoms with van der Waals surface area (Å²) in [5, 5.41) is 3.62. The lowest BCUT2D eigenvalue weighted by Gasteiger charge is -2.42. The first-order chi connectivity index (χ1) is 11.6. The molecule has 2 saturated heterocycles. The van der Waals surface area contributed by atoms with Crippen molar-refractivity contribution in [3.05, 3.63) is 0 Å². The lowest BCUT2D eigenvalue weighted by Crippen LogP contribution is -2.51. The van der Waals surface area contributed by atoms with Crippen LogP contribution in [0.5, 0.6) is 0 Å². The van der Waals surface area contributed by atoms with Crippen molar-refractivity contribution in [2.24, 2.45) is 10.4 Å². The number of halogens is 1. The lowest BCUT2D eigenvalue weighted by molar-refractivity contribution is 0.142. The lowest BCUT2D eigenvalue weighted by atomic mass is 9.78. The number of aliphatic imine (C=N–C) groups is 1. The largest absolute Gasteiger partial charge is 0.355 e. The van der Waals surface area contributed by atoms with E-state index in [9.17, 15) is 0 Å². The molecule has 1 N–H and O–H groups in total. The van der Waals surface area contributed by atoms with E-state index in [0.717, 1.165) is 32.1 Å². The third kappa shape index (κ3) is 7.59. The fraction of sp³-hybridized carbons (Fsp3) is 0.947. The number of hydrogen-bond acceptors (Lipinski definition) is 3. The van der Waals surface area contributed by atoms with Crippen molar-refractivity contribution in [1.29, 1.82) is 0 Å². The molecular formula is C19H40IN5. The molecule has 0 spiro atoms. The predicted molar refractivity (Wildman–Crippen MR) is 119 cm³/mol. The van der Waals surface area contributed by atoms with Gasteiger partial charge in [-0.1, -0.05) is 20.3 Å². The second kappa shape index (κ2) is 11.6. The molecule has 25 heavy (non-hydrogen) atoms. The zero-order valence-corrected chi connectivity index (χ0v) is 19.2. The molecule has 2 aliphatic rings. The Morgan fingerprint density at radius 3 is 2.64 bits per heavy atom. The van der Waals surface area contributed by atoms with Gasteiger partial charge in [0.1, 0.15) is 0 Å². The Kier molecular flexibility index (Phi) is 10.6. The van der Waals surface area contributed by atoms with Gasteiger partial charge in [-0.25, -0.2) is 0 Å². The molecule has 0 aliphatic carbocycles. The standard InChI is InChI=1S/C19H39N5.HI/c1-5-8-19(2)9-6-13-24(17-19)18(20-3)21-10-14-23-12-7-11-22(4)15-16-23;/h5-17H2,1-4H3,(H,20,21);1H. The van der Waals surface area contributed by atoms with Crippen LogP contribution >= 0.6 is 24.0 Å². The Labute approximate surface area is 172 Å². The first kappa shape index (κ1) is 23.0. The van der Waals surface area contributed by atoms with Crippen molar-refractivity contribution in [2.45, 2.75) is 46.0 Å². The highest BCUT2D eigenvalue weighted by molar-refractivity contribution is 14.0. The fourth-order valence-electron chi connectivity index (χ4n) is 4.29. The van der Waals surface area contributed by atoms with Crippen LogP contribution in [0.15, 0.2) is 4.99 Å². The summed E-state index contributed by atoms with van der Waals surface area (Å²) < 4.78 is 0. The molecular weight excluding hydrogens is 425 g/mol. The molecule has 0 bridgehead atoms. The topological polar surface area (TPSA) is 34.1 Å². The van der Waals surface area contributed by atoms with E-state index in [2.05, 4.69) is 45.9 Å². The summed E-state index contributed by atoms with van der Waals surface area (Å²) in [4.78, 5) is 12.1. The molecule has 2 aliphatic heterocycles. The smallest absolute Gasteiger partial charge is 0.193 e. The van der Waals surface area contributed by atoms with E-state index >= 15 is 0 Å². The Balaban J connectivity index is 0.00000312. The van der Waals surface area contributed by atoms with Gasteiger partial charge in [0.15, 0.2) is 5.96 Å². The van der Waals surface area contributed by atoms with Crippen molar-refractivity contribution in [3.8, 4) is 0 Å². The van der Waals surface area contributed by atoms with Gasteiger partial charge < -0.3 is 20.0 Å². The van der Waals surface area contributed by atoms with Gasteiger partial charge in [-0.2, -0.15) is 0 Å². The molecule has 0 saturated carbocycles. The van der Waals surface area contributed by atoms with Crippen molar-refractivity contribution in [2.75, 3.05) is 66.5 Å². The number of nitrogens with zero attached hydrogens (tertiary/aromatic N) is 4. The number of piperidine rings is 1. The molecule has 6 heteroatoms. The van der Waals surface area contributed by atoms with Crippen LogP contribution in [0.2, 0.25) is 0 Å². The van der Waals surface area contributed by atoms with Gasteiger partial charge in [-0.05, 0) is 51.2 Å². The Morgan fingerprint density at radius 1 is 1.12 bits per heavy atom. The van der Waals surface area contributed by atoms with Crippen LogP contribution in [0, 0.1) is 5.41 Å². The SMILES string of the molecule is CCCC1(C)CCCN(C(=NC)NCCN2CCCN(C)CC2)C1.I. The van der Waals surface area contributed by atoms with E-state index in [1.165, 1.54) is 58.3 Å². The molecule has 2 rings (SSSR count). The second-order valence-electron chi connectivity index (χ2n) is 8.06. The molecule has 0 aromatic carbocycles. The average Bonchev–Trinajstić information content (AvgIpc) is 2.76. The van der Waals surface area contributed by atoms with Crippen molar-refractivity contribution in [3.63, 3.8) is 0 Å². The van der Waals surface area contributed by atoms with Gasteiger partial charge in [0.05, 0.1) is 0 Å². The molecule has 0 aromatic heterocycles. The zero-order valence-electron chi connectivity index (χ0n) is 16.9. The van der Waals surface area contributed by atoms with Crippen molar-refractivity contribution in [1.82, 2.24) is 20.0 Å². The van der Waals surface area contributed by atoms with E-state index in [1.54, 1.807) is 0 Å².